The van der Waals surface area contributed by atoms with Gasteiger partial charge in [-0.2, -0.15) is 14.0 Å². The summed E-state index contributed by atoms with van der Waals surface area (Å²) >= 11 is 0. The second-order valence-corrected chi connectivity index (χ2v) is 5.41. The molecule has 0 saturated heterocycles. The van der Waals surface area contributed by atoms with Crippen LogP contribution in [0.2, 0.25) is 0 Å². The summed E-state index contributed by atoms with van der Waals surface area (Å²) < 4.78 is 54.3. The molecule has 19 heavy (non-hydrogen) atoms. The molecule has 5 nitrogen and oxygen atoms in total. The SMILES string of the molecule is CCC(C#N)S(=O)(=O)Nc1ccccc1OC(F)F. The largest absolute Gasteiger partial charge is 0.433 e. The van der Waals surface area contributed by atoms with Crippen molar-refractivity contribution in [2.24, 2.45) is 0 Å². The number of nitriles is 1. The first-order valence-electron chi connectivity index (χ1n) is 5.35. The van der Waals surface area contributed by atoms with Crippen LogP contribution in [0.25, 0.3) is 0 Å². The molecular weight excluding hydrogens is 278 g/mol. The molecule has 0 aliphatic rings. The Bertz CT molecular complexity index is 570. The average molecular weight is 290 g/mol. The number of ether oxygens (including phenoxy) is 1. The zero-order valence-corrected chi connectivity index (χ0v) is 10.8. The van der Waals surface area contributed by atoms with Crippen LogP contribution in [-0.2, 0) is 10.0 Å². The first-order chi connectivity index (χ1) is 8.90. The normalized spacial score (nSPS) is 12.8. The van der Waals surface area contributed by atoms with E-state index in [0.717, 1.165) is 0 Å². The van der Waals surface area contributed by atoms with Gasteiger partial charge in [0.05, 0.1) is 11.8 Å². The highest BCUT2D eigenvalue weighted by atomic mass is 32.2. The van der Waals surface area contributed by atoms with Gasteiger partial charge in [0.1, 0.15) is 5.75 Å². The molecule has 104 valence electrons. The van der Waals surface area contributed by atoms with E-state index < -0.39 is 21.9 Å². The molecule has 1 aromatic rings. The van der Waals surface area contributed by atoms with E-state index in [4.69, 9.17) is 5.26 Å². The minimum absolute atomic E-state index is 0.0870. The lowest BCUT2D eigenvalue weighted by Crippen LogP contribution is -2.26. The van der Waals surface area contributed by atoms with Crippen LogP contribution in [0.4, 0.5) is 14.5 Å². The molecule has 0 aromatic heterocycles. The Morgan fingerprint density at radius 2 is 2.05 bits per heavy atom. The topological polar surface area (TPSA) is 79.2 Å². The van der Waals surface area contributed by atoms with Gasteiger partial charge in [-0.3, -0.25) is 4.72 Å². The Kier molecular flexibility index (Phi) is 5.06. The second-order valence-electron chi connectivity index (χ2n) is 3.55. The molecule has 1 unspecified atom stereocenters. The molecule has 0 radical (unpaired) electrons. The summed E-state index contributed by atoms with van der Waals surface area (Å²) in [5, 5.41) is 7.48. The molecule has 0 fully saturated rings. The predicted octanol–water partition coefficient (Wildman–Crippen LogP) is 2.33. The highest BCUT2D eigenvalue weighted by Crippen LogP contribution is 2.27. The van der Waals surface area contributed by atoms with Crippen molar-refractivity contribution >= 4 is 15.7 Å². The monoisotopic (exact) mass is 290 g/mol. The van der Waals surface area contributed by atoms with Crippen molar-refractivity contribution in [2.45, 2.75) is 25.2 Å². The Morgan fingerprint density at radius 3 is 2.58 bits per heavy atom. The highest BCUT2D eigenvalue weighted by molar-refractivity contribution is 7.93. The second kappa shape index (κ2) is 6.33. The third kappa shape index (κ3) is 4.06. The summed E-state index contributed by atoms with van der Waals surface area (Å²) in [5.74, 6) is -0.297. The van der Waals surface area contributed by atoms with E-state index in [1.807, 2.05) is 0 Å². The summed E-state index contributed by atoms with van der Waals surface area (Å²) in [5.41, 5.74) is -0.128. The van der Waals surface area contributed by atoms with Gasteiger partial charge >= 0.3 is 6.61 Å². The number of hydrogen-bond acceptors (Lipinski definition) is 4. The summed E-state index contributed by atoms with van der Waals surface area (Å²) in [4.78, 5) is 0. The predicted molar refractivity (Wildman–Crippen MR) is 65.3 cm³/mol. The molecule has 0 heterocycles. The number of halogens is 2. The third-order valence-electron chi connectivity index (χ3n) is 2.24. The number of hydrogen-bond donors (Lipinski definition) is 1. The van der Waals surface area contributed by atoms with Gasteiger partial charge in [0.15, 0.2) is 5.25 Å². The minimum Gasteiger partial charge on any atom is -0.433 e. The van der Waals surface area contributed by atoms with Gasteiger partial charge in [0.2, 0.25) is 10.0 Å². The maximum absolute atomic E-state index is 12.2. The van der Waals surface area contributed by atoms with E-state index >= 15 is 0 Å². The third-order valence-corrected chi connectivity index (χ3v) is 3.94. The lowest BCUT2D eigenvalue weighted by Gasteiger charge is -2.14. The molecule has 0 bridgehead atoms. The van der Waals surface area contributed by atoms with Crippen LogP contribution in [0.5, 0.6) is 5.75 Å². The maximum atomic E-state index is 12.2. The van der Waals surface area contributed by atoms with Gasteiger partial charge in [-0.15, -0.1) is 0 Å². The first-order valence-corrected chi connectivity index (χ1v) is 6.90. The minimum atomic E-state index is -3.97. The highest BCUT2D eigenvalue weighted by Gasteiger charge is 2.24. The van der Waals surface area contributed by atoms with Gasteiger partial charge in [-0.05, 0) is 18.6 Å². The Hall–Kier alpha value is -1.88. The smallest absolute Gasteiger partial charge is 0.387 e. The van der Waals surface area contributed by atoms with Crippen LogP contribution in [0, 0.1) is 11.3 Å². The van der Waals surface area contributed by atoms with Crippen molar-refractivity contribution in [1.29, 1.82) is 5.26 Å². The number of nitrogens with zero attached hydrogens (tertiary/aromatic N) is 1. The zero-order valence-electron chi connectivity index (χ0n) is 10.0. The quantitative estimate of drug-likeness (QED) is 0.872. The van der Waals surface area contributed by atoms with Crippen molar-refractivity contribution in [2.75, 3.05) is 4.72 Å². The summed E-state index contributed by atoms with van der Waals surface area (Å²) in [6.45, 7) is -1.53. The van der Waals surface area contributed by atoms with E-state index in [2.05, 4.69) is 9.46 Å². The average Bonchev–Trinajstić information content (AvgIpc) is 2.32. The number of benzene rings is 1. The van der Waals surface area contributed by atoms with Crippen molar-refractivity contribution < 1.29 is 21.9 Å². The van der Waals surface area contributed by atoms with Crippen molar-refractivity contribution in [3.8, 4) is 11.8 Å². The van der Waals surface area contributed by atoms with Gasteiger partial charge in [0, 0.05) is 0 Å². The van der Waals surface area contributed by atoms with Crippen molar-refractivity contribution in [3.05, 3.63) is 24.3 Å². The van der Waals surface area contributed by atoms with Crippen LogP contribution in [0.15, 0.2) is 24.3 Å². The zero-order chi connectivity index (χ0) is 14.5. The lowest BCUT2D eigenvalue weighted by atomic mass is 10.3. The van der Waals surface area contributed by atoms with Crippen molar-refractivity contribution in [3.63, 3.8) is 0 Å². The Labute approximate surface area is 109 Å². The number of anilines is 1. The van der Waals surface area contributed by atoms with E-state index in [-0.39, 0.29) is 17.9 Å². The fraction of sp³-hybridized carbons (Fsp3) is 0.364. The summed E-state index contributed by atoms with van der Waals surface area (Å²) in [6, 6.07) is 7.01. The van der Waals surface area contributed by atoms with Gasteiger partial charge < -0.3 is 4.74 Å². The van der Waals surface area contributed by atoms with Crippen LogP contribution in [0.3, 0.4) is 0 Å². The van der Waals surface area contributed by atoms with Crippen molar-refractivity contribution in [1.82, 2.24) is 0 Å². The van der Waals surface area contributed by atoms with E-state index in [9.17, 15) is 17.2 Å². The molecule has 1 rings (SSSR count). The summed E-state index contributed by atoms with van der Waals surface area (Å²) in [6.07, 6.45) is 0.0870. The molecule has 0 saturated carbocycles. The fourth-order valence-corrected chi connectivity index (χ4v) is 2.55. The van der Waals surface area contributed by atoms with Crippen LogP contribution in [0.1, 0.15) is 13.3 Å². The van der Waals surface area contributed by atoms with E-state index in [0.29, 0.717) is 0 Å². The molecule has 0 aliphatic heterocycles. The molecule has 8 heteroatoms. The molecule has 0 amide bonds. The molecule has 1 atom stereocenters. The number of para-hydroxylation sites is 2. The number of nitrogens with one attached hydrogen (secondary N) is 1. The van der Waals surface area contributed by atoms with Crippen LogP contribution < -0.4 is 9.46 Å². The van der Waals surface area contributed by atoms with Crippen LogP contribution >= 0.6 is 0 Å². The number of alkyl halides is 2. The molecule has 0 spiro atoms. The Morgan fingerprint density at radius 1 is 1.42 bits per heavy atom. The summed E-state index contributed by atoms with van der Waals surface area (Å²) in [7, 11) is -3.97. The Balaban J connectivity index is 3.03. The molecule has 1 aromatic carbocycles. The number of rotatable bonds is 6. The lowest BCUT2D eigenvalue weighted by molar-refractivity contribution is -0.0493. The van der Waals surface area contributed by atoms with E-state index in [1.54, 1.807) is 6.07 Å². The van der Waals surface area contributed by atoms with Gasteiger partial charge in [0.25, 0.3) is 0 Å². The first kappa shape index (κ1) is 15.2. The standard InChI is InChI=1S/C11H12F2N2O3S/c1-2-8(7-14)19(16,17)15-9-5-3-4-6-10(9)18-11(12)13/h3-6,8,11,15H,2H2,1H3. The van der Waals surface area contributed by atoms with Gasteiger partial charge in [-0.1, -0.05) is 19.1 Å². The number of sulfonamides is 1. The fourth-order valence-electron chi connectivity index (χ4n) is 1.35. The molecule has 1 N–H and O–H groups in total. The maximum Gasteiger partial charge on any atom is 0.387 e. The molecule has 0 aliphatic carbocycles. The molecular formula is C11H12F2N2O3S. The van der Waals surface area contributed by atoms with Crippen LogP contribution in [-0.4, -0.2) is 20.3 Å². The van der Waals surface area contributed by atoms with E-state index in [1.165, 1.54) is 31.2 Å². The van der Waals surface area contributed by atoms with Gasteiger partial charge in [-0.25, -0.2) is 8.42 Å².